The van der Waals surface area contributed by atoms with Gasteiger partial charge in [0, 0.05) is 6.07 Å². The van der Waals surface area contributed by atoms with Gasteiger partial charge in [0.25, 0.3) is 5.91 Å². The van der Waals surface area contributed by atoms with Crippen LogP contribution in [0.15, 0.2) is 50.0 Å². The standard InChI is InChI=1S/C24H28N2O4/c1-15-8-10-26(11-9-15)19(21-7-5-17(3)29-21)14-25-24(28)23-13-20(27)18-6-4-16(2)12-22(18)30-23/h4-7,12-13,15,19H,8-11,14H2,1-3H3,(H,25,28)/p+1. The van der Waals surface area contributed by atoms with E-state index in [1.165, 1.54) is 23.8 Å². The van der Waals surface area contributed by atoms with Crippen molar-refractivity contribution in [2.45, 2.75) is 39.7 Å². The second kappa shape index (κ2) is 8.48. The Morgan fingerprint density at radius 1 is 1.13 bits per heavy atom. The number of hydrogen-bond donors (Lipinski definition) is 2. The number of carbonyl (C=O) groups is 1. The lowest BCUT2D eigenvalue weighted by Gasteiger charge is -2.32. The molecule has 1 fully saturated rings. The van der Waals surface area contributed by atoms with E-state index in [2.05, 4.69) is 12.2 Å². The molecule has 1 atom stereocenters. The van der Waals surface area contributed by atoms with E-state index in [9.17, 15) is 9.59 Å². The normalized spacial score (nSPS) is 20.2. The zero-order valence-electron chi connectivity index (χ0n) is 17.8. The summed E-state index contributed by atoms with van der Waals surface area (Å²) < 4.78 is 11.7. The Kier molecular flexibility index (Phi) is 5.77. The molecule has 0 saturated carbocycles. The SMILES string of the molecule is Cc1ccc2c(=O)cc(C(=O)NCC(c3ccc(C)o3)[NH+]3CCC(C)CC3)oc2c1. The Labute approximate surface area is 175 Å². The maximum atomic E-state index is 12.8. The predicted molar refractivity (Wildman–Crippen MR) is 115 cm³/mol. The van der Waals surface area contributed by atoms with Crippen LogP contribution in [0.5, 0.6) is 0 Å². The van der Waals surface area contributed by atoms with Crippen molar-refractivity contribution in [1.29, 1.82) is 0 Å². The Balaban J connectivity index is 1.54. The van der Waals surface area contributed by atoms with Gasteiger partial charge in [0.15, 0.2) is 23.0 Å². The van der Waals surface area contributed by atoms with E-state index in [1.807, 2.05) is 32.0 Å². The molecule has 6 nitrogen and oxygen atoms in total. The number of aryl methyl sites for hydroxylation is 2. The summed E-state index contributed by atoms with van der Waals surface area (Å²) in [5, 5.41) is 3.45. The number of amides is 1. The Morgan fingerprint density at radius 2 is 1.90 bits per heavy atom. The zero-order chi connectivity index (χ0) is 21.3. The minimum Gasteiger partial charge on any atom is -0.460 e. The summed E-state index contributed by atoms with van der Waals surface area (Å²) in [5.74, 6) is 2.14. The number of likely N-dealkylation sites (tertiary alicyclic amines) is 1. The molecule has 1 amide bonds. The quantitative estimate of drug-likeness (QED) is 0.679. The van der Waals surface area contributed by atoms with Crippen molar-refractivity contribution < 1.29 is 18.5 Å². The fraction of sp³-hybridized carbons (Fsp3) is 0.417. The van der Waals surface area contributed by atoms with Crippen molar-refractivity contribution >= 4 is 16.9 Å². The Morgan fingerprint density at radius 3 is 2.60 bits per heavy atom. The van der Waals surface area contributed by atoms with Gasteiger partial charge in [0.2, 0.25) is 0 Å². The zero-order valence-corrected chi connectivity index (χ0v) is 17.8. The second-order valence-electron chi connectivity index (χ2n) is 8.53. The summed E-state index contributed by atoms with van der Waals surface area (Å²) in [4.78, 5) is 26.6. The van der Waals surface area contributed by atoms with Crippen LogP contribution >= 0.6 is 0 Å². The molecular weight excluding hydrogens is 380 g/mol. The summed E-state index contributed by atoms with van der Waals surface area (Å²) in [6.45, 7) is 8.65. The average molecular weight is 410 g/mol. The van der Waals surface area contributed by atoms with Crippen molar-refractivity contribution in [3.63, 3.8) is 0 Å². The van der Waals surface area contributed by atoms with E-state index >= 15 is 0 Å². The topological polar surface area (TPSA) is 76.9 Å². The summed E-state index contributed by atoms with van der Waals surface area (Å²) in [7, 11) is 0. The van der Waals surface area contributed by atoms with Gasteiger partial charge >= 0.3 is 0 Å². The van der Waals surface area contributed by atoms with Gasteiger partial charge in [-0.05, 0) is 62.4 Å². The molecule has 4 rings (SSSR count). The molecule has 0 aliphatic carbocycles. The van der Waals surface area contributed by atoms with Crippen LogP contribution in [0, 0.1) is 19.8 Å². The van der Waals surface area contributed by atoms with E-state index < -0.39 is 0 Å². The van der Waals surface area contributed by atoms with Crippen LogP contribution < -0.4 is 15.6 Å². The van der Waals surface area contributed by atoms with Gasteiger partial charge in [-0.1, -0.05) is 13.0 Å². The molecule has 158 valence electrons. The average Bonchev–Trinajstić information content (AvgIpc) is 3.14. The van der Waals surface area contributed by atoms with Crippen LogP contribution in [0.25, 0.3) is 11.0 Å². The van der Waals surface area contributed by atoms with Gasteiger partial charge in [-0.25, -0.2) is 0 Å². The molecule has 0 bridgehead atoms. The first-order valence-electron chi connectivity index (χ1n) is 10.6. The molecule has 3 aromatic rings. The van der Waals surface area contributed by atoms with Gasteiger partial charge in [0.05, 0.1) is 25.0 Å². The first kappa shape index (κ1) is 20.4. The first-order valence-corrected chi connectivity index (χ1v) is 10.6. The molecule has 0 spiro atoms. The molecule has 0 radical (unpaired) electrons. The minimum absolute atomic E-state index is 0.0320. The van der Waals surface area contributed by atoms with Crippen LogP contribution in [-0.4, -0.2) is 25.5 Å². The van der Waals surface area contributed by atoms with Gasteiger partial charge < -0.3 is 19.1 Å². The van der Waals surface area contributed by atoms with Gasteiger partial charge in [-0.3, -0.25) is 9.59 Å². The Hall–Kier alpha value is -2.86. The molecule has 30 heavy (non-hydrogen) atoms. The molecule has 1 saturated heterocycles. The number of quaternary nitrogens is 1. The third-order valence-corrected chi connectivity index (χ3v) is 6.09. The van der Waals surface area contributed by atoms with E-state index in [4.69, 9.17) is 8.83 Å². The number of piperidine rings is 1. The van der Waals surface area contributed by atoms with E-state index in [0.29, 0.717) is 17.5 Å². The maximum Gasteiger partial charge on any atom is 0.287 e. The van der Waals surface area contributed by atoms with E-state index in [1.54, 1.807) is 12.1 Å². The van der Waals surface area contributed by atoms with Crippen molar-refractivity contribution in [1.82, 2.24) is 5.32 Å². The van der Waals surface area contributed by atoms with E-state index in [0.717, 1.165) is 36.1 Å². The highest BCUT2D eigenvalue weighted by molar-refractivity contribution is 5.93. The number of benzene rings is 1. The lowest BCUT2D eigenvalue weighted by molar-refractivity contribution is -0.937. The lowest BCUT2D eigenvalue weighted by Crippen LogP contribution is -3.14. The third kappa shape index (κ3) is 4.33. The monoisotopic (exact) mass is 409 g/mol. The fourth-order valence-electron chi connectivity index (χ4n) is 4.22. The molecule has 2 aromatic heterocycles. The highest BCUT2D eigenvalue weighted by Crippen LogP contribution is 2.17. The smallest absolute Gasteiger partial charge is 0.287 e. The van der Waals surface area contributed by atoms with Crippen LogP contribution in [0.3, 0.4) is 0 Å². The summed E-state index contributed by atoms with van der Waals surface area (Å²) in [6.07, 6.45) is 2.33. The highest BCUT2D eigenvalue weighted by Gasteiger charge is 2.31. The summed E-state index contributed by atoms with van der Waals surface area (Å²) >= 11 is 0. The first-order chi connectivity index (χ1) is 14.4. The van der Waals surface area contributed by atoms with Crippen LogP contribution in [0.1, 0.15) is 53.4 Å². The fourth-order valence-corrected chi connectivity index (χ4v) is 4.22. The largest absolute Gasteiger partial charge is 0.460 e. The van der Waals surface area contributed by atoms with Crippen molar-refractivity contribution in [3.05, 3.63) is 69.5 Å². The summed E-state index contributed by atoms with van der Waals surface area (Å²) in [6, 6.07) is 10.6. The molecule has 1 aliphatic heterocycles. The highest BCUT2D eigenvalue weighted by atomic mass is 16.3. The Bertz CT molecular complexity index is 1110. The minimum atomic E-state index is -0.381. The second-order valence-corrected chi connectivity index (χ2v) is 8.53. The molecule has 1 aromatic carbocycles. The number of carbonyl (C=O) groups excluding carboxylic acids is 1. The van der Waals surface area contributed by atoms with Crippen molar-refractivity contribution in [2.24, 2.45) is 5.92 Å². The van der Waals surface area contributed by atoms with Crippen molar-refractivity contribution in [3.8, 4) is 0 Å². The number of hydrogen-bond acceptors (Lipinski definition) is 4. The van der Waals surface area contributed by atoms with E-state index in [-0.39, 0.29) is 23.1 Å². The lowest BCUT2D eigenvalue weighted by atomic mass is 9.97. The third-order valence-electron chi connectivity index (χ3n) is 6.09. The van der Waals surface area contributed by atoms with Crippen molar-refractivity contribution in [2.75, 3.05) is 19.6 Å². The van der Waals surface area contributed by atoms with Gasteiger partial charge in [-0.15, -0.1) is 0 Å². The maximum absolute atomic E-state index is 12.8. The summed E-state index contributed by atoms with van der Waals surface area (Å²) in [5.41, 5.74) is 1.19. The predicted octanol–water partition coefficient (Wildman–Crippen LogP) is 2.79. The number of nitrogens with one attached hydrogen (secondary N) is 2. The van der Waals surface area contributed by atoms with Gasteiger partial charge in [-0.2, -0.15) is 0 Å². The van der Waals surface area contributed by atoms with Crippen LogP contribution in [-0.2, 0) is 0 Å². The molecule has 1 unspecified atom stereocenters. The van der Waals surface area contributed by atoms with Gasteiger partial charge in [0.1, 0.15) is 11.3 Å². The number of rotatable bonds is 5. The molecule has 3 heterocycles. The molecular formula is C24H29N2O4+. The number of furan rings is 1. The molecule has 1 aliphatic rings. The molecule has 6 heteroatoms. The number of fused-ring (bicyclic) bond motifs is 1. The van der Waals surface area contributed by atoms with Crippen LogP contribution in [0.4, 0.5) is 0 Å². The molecule has 2 N–H and O–H groups in total. The van der Waals surface area contributed by atoms with Crippen LogP contribution in [0.2, 0.25) is 0 Å².